The average Bonchev–Trinajstić information content (AvgIpc) is 3.61. The van der Waals surface area contributed by atoms with Gasteiger partial charge in [0, 0.05) is 0 Å². The Kier molecular flexibility index (Phi) is 6.56. The maximum absolute atomic E-state index is 10.7. The van der Waals surface area contributed by atoms with E-state index < -0.39 is 38.0 Å². The van der Waals surface area contributed by atoms with Crippen LogP contribution >= 0.6 is 0 Å². The average molecular weight is 570 g/mol. The molecule has 10 heteroatoms. The highest BCUT2D eigenvalue weighted by molar-refractivity contribution is 6.99. The number of rotatable bonds is 6. The van der Waals surface area contributed by atoms with Crippen molar-refractivity contribution in [2.24, 2.45) is 0 Å². The molecule has 0 saturated carbocycles. The van der Waals surface area contributed by atoms with Crippen LogP contribution < -0.4 is 16.1 Å². The fraction of sp³-hybridized carbons (Fsp3) is 0.387. The number of nitrogens with two attached hydrogens (primary N) is 1. The van der Waals surface area contributed by atoms with Crippen LogP contribution in [0.25, 0.3) is 5.52 Å². The quantitative estimate of drug-likeness (QED) is 0.351. The summed E-state index contributed by atoms with van der Waals surface area (Å²) in [5.41, 5.74) is 5.69. The number of hydrogen-bond acceptors (Lipinski definition) is 8. The van der Waals surface area contributed by atoms with Gasteiger partial charge in [-0.3, -0.25) is 0 Å². The molecule has 6 rings (SSSR count). The van der Waals surface area contributed by atoms with E-state index in [-0.39, 0.29) is 11.6 Å². The fourth-order valence-corrected chi connectivity index (χ4v) is 11.0. The number of aromatic nitrogens is 3. The molecule has 0 spiro atoms. The Bertz CT molecular complexity index is 1560. The van der Waals surface area contributed by atoms with Gasteiger partial charge < -0.3 is 24.4 Å². The number of nitriles is 1. The minimum atomic E-state index is -2.87. The molecule has 4 heterocycles. The molecule has 0 amide bonds. The maximum atomic E-state index is 10.7. The lowest BCUT2D eigenvalue weighted by molar-refractivity contribution is -0.204. The predicted octanol–water partition coefficient (Wildman–Crippen LogP) is 3.53. The minimum Gasteiger partial charge on any atom is -0.405 e. The first-order valence-electron chi connectivity index (χ1n) is 13.8. The smallest absolute Gasteiger partial charge is 0.261 e. The topological polar surface area (TPSA) is 117 Å². The summed E-state index contributed by atoms with van der Waals surface area (Å²) >= 11 is 0. The number of benzene rings is 2. The van der Waals surface area contributed by atoms with Crippen LogP contribution in [0.4, 0.5) is 5.82 Å². The van der Waals surface area contributed by atoms with Crippen LogP contribution in [-0.4, -0.2) is 53.6 Å². The molecular formula is C31H35N5O4Si. The van der Waals surface area contributed by atoms with E-state index in [1.807, 2.05) is 26.0 Å². The van der Waals surface area contributed by atoms with E-state index in [0.29, 0.717) is 17.0 Å². The molecule has 2 aromatic carbocycles. The molecule has 2 aromatic heterocycles. The van der Waals surface area contributed by atoms with E-state index >= 15 is 0 Å². The molecule has 2 fully saturated rings. The van der Waals surface area contributed by atoms with E-state index in [1.165, 1.54) is 6.33 Å². The molecule has 2 aliphatic heterocycles. The molecule has 1 unspecified atom stereocenters. The zero-order valence-corrected chi connectivity index (χ0v) is 24.9. The first kappa shape index (κ1) is 27.6. The molecule has 41 heavy (non-hydrogen) atoms. The molecule has 0 radical (unpaired) electrons. The summed E-state index contributed by atoms with van der Waals surface area (Å²) in [4.78, 5) is 4.09. The van der Waals surface area contributed by atoms with E-state index in [1.54, 1.807) is 16.6 Å². The normalized spacial score (nSPS) is 25.7. The fourth-order valence-electron chi connectivity index (χ4n) is 6.43. The Morgan fingerprint density at radius 3 is 2.20 bits per heavy atom. The summed E-state index contributed by atoms with van der Waals surface area (Å²) in [6, 6.07) is 26.9. The minimum absolute atomic E-state index is 0.206. The lowest BCUT2D eigenvalue weighted by Gasteiger charge is -2.43. The van der Waals surface area contributed by atoms with Crippen LogP contribution in [0.15, 0.2) is 79.1 Å². The molecule has 4 atom stereocenters. The van der Waals surface area contributed by atoms with E-state index in [4.69, 9.17) is 24.4 Å². The van der Waals surface area contributed by atoms with Crippen molar-refractivity contribution in [2.75, 3.05) is 12.3 Å². The third kappa shape index (κ3) is 4.28. The molecule has 0 bridgehead atoms. The standard InChI is InChI=1S/C31H35N5O4Si/c1-29(2,3)41(21-12-8-6-9-13-21,22-14-10-7-11-15-22)37-18-24-26-27(40-30(4,5)39-26)31(19-32,38-24)25-17-16-23-28(33)34-20-35-36(23)25/h6-17,20,24,26-27H,18H2,1-5H3,(H2,33,34,35)/t24-,26-,27-,31?/m1/s1. The highest BCUT2D eigenvalue weighted by Crippen LogP contribution is 2.50. The Morgan fingerprint density at radius 2 is 1.61 bits per heavy atom. The zero-order chi connectivity index (χ0) is 29.0. The van der Waals surface area contributed by atoms with Gasteiger partial charge in [-0.1, -0.05) is 81.4 Å². The molecule has 212 valence electrons. The second-order valence-electron chi connectivity index (χ2n) is 12.2. The number of fused-ring (bicyclic) bond motifs is 2. The monoisotopic (exact) mass is 569 g/mol. The summed E-state index contributed by atoms with van der Waals surface area (Å²) in [6.45, 7) is 10.6. The maximum Gasteiger partial charge on any atom is 0.261 e. The van der Waals surface area contributed by atoms with Crippen LogP contribution in [-0.2, 0) is 24.2 Å². The van der Waals surface area contributed by atoms with Crippen LogP contribution in [0.5, 0.6) is 0 Å². The van der Waals surface area contributed by atoms with Crippen molar-refractivity contribution in [3.05, 3.63) is 84.8 Å². The van der Waals surface area contributed by atoms with Crippen LogP contribution in [0.3, 0.4) is 0 Å². The molecule has 4 aromatic rings. The van der Waals surface area contributed by atoms with Gasteiger partial charge in [0.15, 0.2) is 11.6 Å². The van der Waals surface area contributed by atoms with Crippen LogP contribution in [0.1, 0.15) is 40.3 Å². The van der Waals surface area contributed by atoms with Crippen molar-refractivity contribution in [3.63, 3.8) is 0 Å². The molecule has 0 aliphatic carbocycles. The van der Waals surface area contributed by atoms with Gasteiger partial charge in [-0.15, -0.1) is 0 Å². The highest BCUT2D eigenvalue weighted by Gasteiger charge is 2.66. The van der Waals surface area contributed by atoms with Crippen molar-refractivity contribution in [3.8, 4) is 6.07 Å². The number of nitrogens with zero attached hydrogens (tertiary/aromatic N) is 4. The van der Waals surface area contributed by atoms with Crippen molar-refractivity contribution >= 4 is 30.0 Å². The molecule has 2 saturated heterocycles. The van der Waals surface area contributed by atoms with Crippen molar-refractivity contribution in [2.45, 2.75) is 69.4 Å². The Labute approximate surface area is 240 Å². The third-order valence-electron chi connectivity index (χ3n) is 8.14. The second-order valence-corrected chi connectivity index (χ2v) is 16.5. The number of hydrogen-bond donors (Lipinski definition) is 1. The third-order valence-corrected chi connectivity index (χ3v) is 13.1. The summed E-state index contributed by atoms with van der Waals surface area (Å²) in [5, 5.41) is 17.2. The number of ether oxygens (including phenoxy) is 3. The van der Waals surface area contributed by atoms with Gasteiger partial charge in [-0.25, -0.2) is 9.50 Å². The van der Waals surface area contributed by atoms with Gasteiger partial charge in [-0.05, 0) is 41.4 Å². The van der Waals surface area contributed by atoms with Gasteiger partial charge >= 0.3 is 0 Å². The molecule has 2 aliphatic rings. The van der Waals surface area contributed by atoms with E-state index in [0.717, 1.165) is 10.4 Å². The SMILES string of the molecule is CC1(C)O[C@H]2[C@@H](O1)C(C#N)(c1ccc3c(N)ncnn13)O[C@@H]2CO[Si](c1ccccc1)(c1ccccc1)C(C)(C)C. The first-order valence-corrected chi connectivity index (χ1v) is 15.7. The van der Waals surface area contributed by atoms with Gasteiger partial charge in [0.05, 0.1) is 12.3 Å². The lowest BCUT2D eigenvalue weighted by atomic mass is 9.92. The summed E-state index contributed by atoms with van der Waals surface area (Å²) in [6.07, 6.45) is -0.493. The van der Waals surface area contributed by atoms with Gasteiger partial charge in [0.2, 0.25) is 5.60 Å². The van der Waals surface area contributed by atoms with Crippen molar-refractivity contribution in [1.29, 1.82) is 5.26 Å². The van der Waals surface area contributed by atoms with Crippen LogP contribution in [0, 0.1) is 11.3 Å². The molecule has 9 nitrogen and oxygen atoms in total. The summed E-state index contributed by atoms with van der Waals surface area (Å²) < 4.78 is 28.3. The van der Waals surface area contributed by atoms with Gasteiger partial charge in [0.25, 0.3) is 8.32 Å². The van der Waals surface area contributed by atoms with Crippen LogP contribution in [0.2, 0.25) is 5.04 Å². The lowest BCUT2D eigenvalue weighted by Crippen LogP contribution is -2.67. The Morgan fingerprint density at radius 1 is 0.976 bits per heavy atom. The Balaban J connectivity index is 1.44. The van der Waals surface area contributed by atoms with Gasteiger partial charge in [0.1, 0.15) is 36.2 Å². The molecular weight excluding hydrogens is 534 g/mol. The second kappa shape index (κ2) is 9.75. The number of anilines is 1. The predicted molar refractivity (Wildman–Crippen MR) is 157 cm³/mol. The largest absolute Gasteiger partial charge is 0.405 e. The summed E-state index contributed by atoms with van der Waals surface area (Å²) in [5.74, 6) is -0.609. The first-order chi connectivity index (χ1) is 19.5. The Hall–Kier alpha value is -3.59. The van der Waals surface area contributed by atoms with E-state index in [2.05, 4.69) is 85.5 Å². The highest BCUT2D eigenvalue weighted by atomic mass is 28.4. The summed E-state index contributed by atoms with van der Waals surface area (Å²) in [7, 11) is -2.87. The molecule has 2 N–H and O–H groups in total. The van der Waals surface area contributed by atoms with Gasteiger partial charge in [-0.2, -0.15) is 10.4 Å². The zero-order valence-electron chi connectivity index (χ0n) is 23.9. The van der Waals surface area contributed by atoms with Crippen molar-refractivity contribution < 1.29 is 18.6 Å². The number of nitrogen functional groups attached to an aromatic ring is 1. The van der Waals surface area contributed by atoms with E-state index in [9.17, 15) is 5.26 Å². The van der Waals surface area contributed by atoms with Crippen molar-refractivity contribution in [1.82, 2.24) is 14.6 Å².